The molecule has 0 spiro atoms. The van der Waals surface area contributed by atoms with Crippen molar-refractivity contribution in [3.05, 3.63) is 65.7 Å². The third kappa shape index (κ3) is 4.84. The largest absolute Gasteiger partial charge is 0.340 e. The Hall–Kier alpha value is -2.80. The van der Waals surface area contributed by atoms with Crippen molar-refractivity contribution in [3.8, 4) is 0 Å². The van der Waals surface area contributed by atoms with Gasteiger partial charge in [-0.3, -0.25) is 19.5 Å². The highest BCUT2D eigenvalue weighted by Crippen LogP contribution is 2.22. The molecule has 2 fully saturated rings. The molecule has 1 aromatic heterocycles. The molecule has 3 heterocycles. The molecule has 2 aromatic rings. The number of piperidine rings is 1. The fourth-order valence-electron chi connectivity index (χ4n) is 4.24. The Morgan fingerprint density at radius 1 is 0.967 bits per heavy atom. The molecule has 0 aliphatic carbocycles. The average Bonchev–Trinajstić information content (AvgIpc) is 2.80. The normalized spacial score (nSPS) is 20.2. The second-order valence-electron chi connectivity index (χ2n) is 8.02. The van der Waals surface area contributed by atoms with E-state index in [4.69, 9.17) is 0 Å². The first-order valence-electron chi connectivity index (χ1n) is 10.6. The van der Waals surface area contributed by atoms with Gasteiger partial charge in [0.05, 0.1) is 11.6 Å². The Balaban J connectivity index is 1.30. The molecular weight excluding hydrogens is 383 g/mol. The van der Waals surface area contributed by atoms with Crippen LogP contribution in [0.15, 0.2) is 48.7 Å². The maximum absolute atomic E-state index is 13.1. The number of halogens is 1. The highest BCUT2D eigenvalue weighted by molar-refractivity contribution is 5.94. The van der Waals surface area contributed by atoms with E-state index in [0.717, 1.165) is 38.2 Å². The molecule has 0 bridgehead atoms. The number of aromatic nitrogens is 1. The van der Waals surface area contributed by atoms with Gasteiger partial charge in [0.1, 0.15) is 5.82 Å². The maximum Gasteiger partial charge on any atom is 0.253 e. The molecule has 2 aliphatic rings. The van der Waals surface area contributed by atoms with Gasteiger partial charge < -0.3 is 9.80 Å². The van der Waals surface area contributed by atoms with E-state index < -0.39 is 0 Å². The number of amides is 2. The summed E-state index contributed by atoms with van der Waals surface area (Å²) in [4.78, 5) is 36.2. The fraction of sp³-hybridized carbons (Fsp3) is 0.435. The van der Waals surface area contributed by atoms with Crippen molar-refractivity contribution in [2.75, 3.05) is 39.3 Å². The predicted molar refractivity (Wildman–Crippen MR) is 111 cm³/mol. The number of nitrogens with zero attached hydrogens (tertiary/aromatic N) is 4. The third-order valence-corrected chi connectivity index (χ3v) is 5.94. The first-order valence-corrected chi connectivity index (χ1v) is 10.6. The van der Waals surface area contributed by atoms with Crippen LogP contribution in [0.1, 0.15) is 28.9 Å². The molecule has 0 N–H and O–H groups in total. The minimum Gasteiger partial charge on any atom is -0.340 e. The van der Waals surface area contributed by atoms with Gasteiger partial charge in [-0.25, -0.2) is 4.39 Å². The molecule has 4 rings (SSSR count). The van der Waals surface area contributed by atoms with Crippen LogP contribution in [-0.4, -0.2) is 70.8 Å². The van der Waals surface area contributed by atoms with Gasteiger partial charge in [-0.2, -0.15) is 0 Å². The van der Waals surface area contributed by atoms with Crippen LogP contribution in [0.3, 0.4) is 0 Å². The molecular formula is C23H27FN4O2. The predicted octanol–water partition coefficient (Wildman–Crippen LogP) is 2.42. The molecule has 1 unspecified atom stereocenters. The van der Waals surface area contributed by atoms with Gasteiger partial charge in [0.2, 0.25) is 5.91 Å². The lowest BCUT2D eigenvalue weighted by Gasteiger charge is -2.39. The fourth-order valence-corrected chi connectivity index (χ4v) is 4.24. The van der Waals surface area contributed by atoms with E-state index in [0.29, 0.717) is 31.7 Å². The Bertz CT molecular complexity index is 867. The van der Waals surface area contributed by atoms with Crippen LogP contribution >= 0.6 is 0 Å². The van der Waals surface area contributed by atoms with Crippen LogP contribution in [0, 0.1) is 11.7 Å². The minimum atomic E-state index is -0.361. The van der Waals surface area contributed by atoms with Gasteiger partial charge in [0, 0.05) is 57.6 Å². The second-order valence-corrected chi connectivity index (χ2v) is 8.02. The summed E-state index contributed by atoms with van der Waals surface area (Å²) in [5.74, 6) is -0.511. The van der Waals surface area contributed by atoms with Crippen LogP contribution in [0.4, 0.5) is 4.39 Å². The van der Waals surface area contributed by atoms with Crippen LogP contribution < -0.4 is 0 Å². The highest BCUT2D eigenvalue weighted by atomic mass is 19.1. The van der Waals surface area contributed by atoms with Crippen molar-refractivity contribution in [2.24, 2.45) is 5.92 Å². The smallest absolute Gasteiger partial charge is 0.253 e. The number of hydrogen-bond donors (Lipinski definition) is 0. The number of benzene rings is 1. The molecule has 1 atom stereocenters. The van der Waals surface area contributed by atoms with Crippen molar-refractivity contribution in [3.63, 3.8) is 0 Å². The van der Waals surface area contributed by atoms with Gasteiger partial charge in [-0.1, -0.05) is 6.07 Å². The Morgan fingerprint density at radius 2 is 1.73 bits per heavy atom. The van der Waals surface area contributed by atoms with E-state index in [1.807, 2.05) is 23.1 Å². The van der Waals surface area contributed by atoms with Crippen molar-refractivity contribution in [1.82, 2.24) is 19.7 Å². The zero-order valence-corrected chi connectivity index (χ0v) is 17.0. The lowest BCUT2D eigenvalue weighted by atomic mass is 9.95. The van der Waals surface area contributed by atoms with Crippen molar-refractivity contribution < 1.29 is 14.0 Å². The summed E-state index contributed by atoms with van der Waals surface area (Å²) in [6.07, 6.45) is 3.42. The van der Waals surface area contributed by atoms with E-state index in [2.05, 4.69) is 9.88 Å². The Morgan fingerprint density at radius 3 is 2.43 bits per heavy atom. The molecule has 1 aromatic carbocycles. The summed E-state index contributed by atoms with van der Waals surface area (Å²) in [5, 5.41) is 0. The van der Waals surface area contributed by atoms with Gasteiger partial charge in [-0.05, 0) is 49.2 Å². The summed E-state index contributed by atoms with van der Waals surface area (Å²) >= 11 is 0. The Kier molecular flexibility index (Phi) is 6.38. The van der Waals surface area contributed by atoms with E-state index >= 15 is 0 Å². The lowest BCUT2D eigenvalue weighted by molar-refractivity contribution is -0.138. The topological polar surface area (TPSA) is 56.8 Å². The summed E-state index contributed by atoms with van der Waals surface area (Å²) in [6, 6.07) is 11.5. The number of hydrogen-bond acceptors (Lipinski definition) is 4. The van der Waals surface area contributed by atoms with Gasteiger partial charge >= 0.3 is 0 Å². The first-order chi connectivity index (χ1) is 14.6. The van der Waals surface area contributed by atoms with Gasteiger partial charge in [0.15, 0.2) is 0 Å². The van der Waals surface area contributed by atoms with Gasteiger partial charge in [0.25, 0.3) is 5.91 Å². The first kappa shape index (κ1) is 20.5. The number of pyridine rings is 1. The van der Waals surface area contributed by atoms with Crippen LogP contribution in [-0.2, 0) is 11.3 Å². The minimum absolute atomic E-state index is 0.132. The maximum atomic E-state index is 13.1. The number of piperazine rings is 1. The number of rotatable bonds is 4. The average molecular weight is 410 g/mol. The van der Waals surface area contributed by atoms with E-state index in [-0.39, 0.29) is 23.5 Å². The van der Waals surface area contributed by atoms with Gasteiger partial charge in [-0.15, -0.1) is 0 Å². The standard InChI is InChI=1S/C23H27FN4O2/c24-20-8-6-18(7-9-20)22(29)28-11-3-4-19(16-28)23(30)27-14-12-26(13-15-27)17-21-5-1-2-10-25-21/h1-2,5-10,19H,3-4,11-17H2. The summed E-state index contributed by atoms with van der Waals surface area (Å²) in [7, 11) is 0. The molecule has 0 radical (unpaired) electrons. The van der Waals surface area contributed by atoms with Crippen molar-refractivity contribution >= 4 is 11.8 Å². The zero-order chi connectivity index (χ0) is 20.9. The Labute approximate surface area is 176 Å². The molecule has 2 saturated heterocycles. The molecule has 2 aliphatic heterocycles. The van der Waals surface area contributed by atoms with E-state index in [9.17, 15) is 14.0 Å². The van der Waals surface area contributed by atoms with E-state index in [1.165, 1.54) is 24.3 Å². The zero-order valence-electron chi connectivity index (χ0n) is 17.0. The quantitative estimate of drug-likeness (QED) is 0.777. The monoisotopic (exact) mass is 410 g/mol. The lowest BCUT2D eigenvalue weighted by Crippen LogP contribution is -2.52. The van der Waals surface area contributed by atoms with Crippen LogP contribution in [0.5, 0.6) is 0 Å². The second kappa shape index (κ2) is 9.34. The van der Waals surface area contributed by atoms with Crippen molar-refractivity contribution in [2.45, 2.75) is 19.4 Å². The third-order valence-electron chi connectivity index (χ3n) is 5.94. The summed E-state index contributed by atoms with van der Waals surface area (Å²) < 4.78 is 13.1. The number of carbonyl (C=O) groups is 2. The molecule has 158 valence electrons. The van der Waals surface area contributed by atoms with Crippen LogP contribution in [0.25, 0.3) is 0 Å². The SMILES string of the molecule is O=C(c1ccc(F)cc1)N1CCCC(C(=O)N2CCN(Cc3ccccn3)CC2)C1. The summed E-state index contributed by atoms with van der Waals surface area (Å²) in [6.45, 7) is 4.93. The highest BCUT2D eigenvalue weighted by Gasteiger charge is 2.32. The van der Waals surface area contributed by atoms with Crippen molar-refractivity contribution in [1.29, 1.82) is 0 Å². The molecule has 7 heteroatoms. The molecule has 0 saturated carbocycles. The molecule has 2 amide bonds. The number of likely N-dealkylation sites (tertiary alicyclic amines) is 1. The number of carbonyl (C=O) groups excluding carboxylic acids is 2. The van der Waals surface area contributed by atoms with Crippen LogP contribution in [0.2, 0.25) is 0 Å². The van der Waals surface area contributed by atoms with E-state index in [1.54, 1.807) is 11.1 Å². The molecule has 30 heavy (non-hydrogen) atoms. The summed E-state index contributed by atoms with van der Waals surface area (Å²) in [5.41, 5.74) is 1.51. The molecule has 6 nitrogen and oxygen atoms in total.